The summed E-state index contributed by atoms with van der Waals surface area (Å²) < 4.78 is 5.30. The third-order valence-corrected chi connectivity index (χ3v) is 3.94. The topological polar surface area (TPSA) is 80.3 Å². The number of pyridine rings is 1. The number of hydrogen-bond donors (Lipinski definition) is 2. The van der Waals surface area contributed by atoms with Gasteiger partial charge in [-0.1, -0.05) is 31.5 Å². The highest BCUT2D eigenvalue weighted by molar-refractivity contribution is 5.98. The van der Waals surface area contributed by atoms with Crippen molar-refractivity contribution in [3.8, 4) is 5.75 Å². The highest BCUT2D eigenvalue weighted by atomic mass is 16.5. The second kappa shape index (κ2) is 10.2. The molecule has 1 aromatic carbocycles. The Balaban J connectivity index is 1.91. The third kappa shape index (κ3) is 5.58. The first-order valence-electron chi connectivity index (χ1n) is 8.80. The van der Waals surface area contributed by atoms with Crippen LogP contribution in [-0.4, -0.2) is 37.0 Å². The summed E-state index contributed by atoms with van der Waals surface area (Å²) in [5.74, 6) is 0.309. The maximum atomic E-state index is 12.3. The van der Waals surface area contributed by atoms with E-state index in [1.807, 2.05) is 24.3 Å². The minimum absolute atomic E-state index is 0.232. The van der Waals surface area contributed by atoms with Crippen LogP contribution in [0.3, 0.4) is 0 Å². The molecule has 1 aromatic heterocycles. The van der Waals surface area contributed by atoms with Crippen molar-refractivity contribution in [2.24, 2.45) is 0 Å². The Hall–Kier alpha value is -2.89. The summed E-state index contributed by atoms with van der Waals surface area (Å²) in [4.78, 5) is 28.4. The second-order valence-corrected chi connectivity index (χ2v) is 5.86. The Morgan fingerprint density at radius 2 is 1.85 bits per heavy atom. The van der Waals surface area contributed by atoms with Crippen LogP contribution < -0.4 is 15.4 Å². The Kier molecular flexibility index (Phi) is 7.61. The molecule has 2 aromatic rings. The van der Waals surface area contributed by atoms with Gasteiger partial charge in [-0.25, -0.2) is 0 Å². The van der Waals surface area contributed by atoms with Gasteiger partial charge in [0.05, 0.1) is 7.11 Å². The number of aromatic nitrogens is 1. The Labute approximate surface area is 154 Å². The fourth-order valence-corrected chi connectivity index (χ4v) is 2.49. The molecule has 138 valence electrons. The molecule has 0 atom stereocenters. The molecule has 2 N–H and O–H groups in total. The molecular formula is C20H25N3O3. The number of benzene rings is 1. The van der Waals surface area contributed by atoms with Crippen LogP contribution in [0.2, 0.25) is 0 Å². The number of methoxy groups -OCH3 is 1. The summed E-state index contributed by atoms with van der Waals surface area (Å²) in [6.07, 6.45) is 4.05. The van der Waals surface area contributed by atoms with Gasteiger partial charge in [0.1, 0.15) is 11.4 Å². The van der Waals surface area contributed by atoms with E-state index >= 15 is 0 Å². The molecule has 0 aliphatic carbocycles. The van der Waals surface area contributed by atoms with Crippen LogP contribution in [-0.2, 0) is 6.42 Å². The largest absolute Gasteiger partial charge is 0.496 e. The molecule has 0 saturated carbocycles. The summed E-state index contributed by atoms with van der Waals surface area (Å²) >= 11 is 0. The number of para-hydroxylation sites is 1. The van der Waals surface area contributed by atoms with Crippen LogP contribution in [0, 0.1) is 0 Å². The summed E-state index contributed by atoms with van der Waals surface area (Å²) in [6, 6.07) is 10.8. The van der Waals surface area contributed by atoms with Crippen LogP contribution in [0.25, 0.3) is 0 Å². The van der Waals surface area contributed by atoms with Crippen LogP contribution in [0.5, 0.6) is 5.75 Å². The molecule has 0 radical (unpaired) electrons. The van der Waals surface area contributed by atoms with Crippen molar-refractivity contribution >= 4 is 11.8 Å². The average molecular weight is 355 g/mol. The number of carbonyl (C=O) groups is 2. The standard InChI is InChI=1S/C20H25N3O3/c1-3-4-11-22-20(25)17-14-16(10-12-21-17)19(24)23-13-9-15-7-5-6-8-18(15)26-2/h5-8,10,12,14H,3-4,9,11,13H2,1-2H3,(H,22,25)(H,23,24). The van der Waals surface area contributed by atoms with Crippen molar-refractivity contribution in [3.63, 3.8) is 0 Å². The lowest BCUT2D eigenvalue weighted by Crippen LogP contribution is -2.28. The molecule has 0 aliphatic heterocycles. The van der Waals surface area contributed by atoms with E-state index in [0.29, 0.717) is 25.1 Å². The van der Waals surface area contributed by atoms with Gasteiger partial charge in [0.2, 0.25) is 0 Å². The summed E-state index contributed by atoms with van der Waals surface area (Å²) in [5.41, 5.74) is 1.69. The predicted molar refractivity (Wildman–Crippen MR) is 101 cm³/mol. The summed E-state index contributed by atoms with van der Waals surface area (Å²) in [5, 5.41) is 5.66. The van der Waals surface area contributed by atoms with Gasteiger partial charge in [0, 0.05) is 24.8 Å². The normalized spacial score (nSPS) is 10.2. The minimum atomic E-state index is -0.262. The van der Waals surface area contributed by atoms with Crippen LogP contribution in [0.1, 0.15) is 46.2 Å². The maximum absolute atomic E-state index is 12.3. The van der Waals surface area contributed by atoms with Gasteiger partial charge >= 0.3 is 0 Å². The number of hydrogen-bond acceptors (Lipinski definition) is 4. The lowest BCUT2D eigenvalue weighted by molar-refractivity contribution is 0.0948. The van der Waals surface area contributed by atoms with Crippen molar-refractivity contribution in [1.29, 1.82) is 0 Å². The molecule has 0 saturated heterocycles. The van der Waals surface area contributed by atoms with Crippen molar-refractivity contribution < 1.29 is 14.3 Å². The van der Waals surface area contributed by atoms with Crippen molar-refractivity contribution in [2.45, 2.75) is 26.2 Å². The zero-order valence-electron chi connectivity index (χ0n) is 15.2. The van der Waals surface area contributed by atoms with E-state index < -0.39 is 0 Å². The molecule has 6 heteroatoms. The SMILES string of the molecule is CCCCNC(=O)c1cc(C(=O)NCCc2ccccc2OC)ccn1. The summed E-state index contributed by atoms with van der Waals surface area (Å²) in [7, 11) is 1.63. The minimum Gasteiger partial charge on any atom is -0.496 e. The van der Waals surface area contributed by atoms with Gasteiger partial charge < -0.3 is 15.4 Å². The van der Waals surface area contributed by atoms with E-state index in [1.165, 1.54) is 12.3 Å². The third-order valence-electron chi connectivity index (χ3n) is 3.94. The quantitative estimate of drug-likeness (QED) is 0.678. The van der Waals surface area contributed by atoms with Crippen LogP contribution >= 0.6 is 0 Å². The van der Waals surface area contributed by atoms with E-state index in [9.17, 15) is 9.59 Å². The predicted octanol–water partition coefficient (Wildman–Crippen LogP) is 2.59. The molecule has 6 nitrogen and oxygen atoms in total. The van der Waals surface area contributed by atoms with Crippen molar-refractivity contribution in [3.05, 3.63) is 59.4 Å². The van der Waals surface area contributed by atoms with Crippen molar-refractivity contribution in [1.82, 2.24) is 15.6 Å². The Morgan fingerprint density at radius 1 is 1.08 bits per heavy atom. The molecule has 1 heterocycles. The van der Waals surface area contributed by atoms with E-state index in [4.69, 9.17) is 4.74 Å². The zero-order valence-corrected chi connectivity index (χ0v) is 15.2. The molecule has 0 aliphatic rings. The van der Waals surface area contributed by atoms with E-state index in [1.54, 1.807) is 13.2 Å². The van der Waals surface area contributed by atoms with Gasteiger partial charge in [0.25, 0.3) is 11.8 Å². The fraction of sp³-hybridized carbons (Fsp3) is 0.350. The fourth-order valence-electron chi connectivity index (χ4n) is 2.49. The van der Waals surface area contributed by atoms with Gasteiger partial charge in [-0.3, -0.25) is 14.6 Å². The molecule has 2 amide bonds. The molecular weight excluding hydrogens is 330 g/mol. The summed E-state index contributed by atoms with van der Waals surface area (Å²) in [6.45, 7) is 3.13. The lowest BCUT2D eigenvalue weighted by Gasteiger charge is -2.09. The van der Waals surface area contributed by atoms with Crippen molar-refractivity contribution in [2.75, 3.05) is 20.2 Å². The number of rotatable bonds is 9. The number of ether oxygens (including phenoxy) is 1. The first-order valence-corrected chi connectivity index (χ1v) is 8.80. The number of amides is 2. The number of nitrogens with zero attached hydrogens (tertiary/aromatic N) is 1. The van der Waals surface area contributed by atoms with E-state index in [2.05, 4.69) is 22.5 Å². The first-order chi connectivity index (χ1) is 12.7. The molecule has 2 rings (SSSR count). The second-order valence-electron chi connectivity index (χ2n) is 5.86. The zero-order chi connectivity index (χ0) is 18.8. The molecule has 26 heavy (non-hydrogen) atoms. The van der Waals surface area contributed by atoms with Gasteiger partial charge in [-0.15, -0.1) is 0 Å². The number of unbranched alkanes of at least 4 members (excludes halogenated alkanes) is 1. The highest BCUT2D eigenvalue weighted by Gasteiger charge is 2.11. The van der Waals surface area contributed by atoms with Crippen LogP contribution in [0.4, 0.5) is 0 Å². The van der Waals surface area contributed by atoms with E-state index in [0.717, 1.165) is 24.2 Å². The van der Waals surface area contributed by atoms with Gasteiger partial charge in [-0.05, 0) is 36.6 Å². The van der Waals surface area contributed by atoms with Crippen LogP contribution in [0.15, 0.2) is 42.6 Å². The Bertz CT molecular complexity index is 747. The van der Waals surface area contributed by atoms with E-state index in [-0.39, 0.29) is 17.5 Å². The van der Waals surface area contributed by atoms with Gasteiger partial charge in [0.15, 0.2) is 0 Å². The maximum Gasteiger partial charge on any atom is 0.269 e. The molecule has 0 bridgehead atoms. The molecule has 0 unspecified atom stereocenters. The Morgan fingerprint density at radius 3 is 2.62 bits per heavy atom. The highest BCUT2D eigenvalue weighted by Crippen LogP contribution is 2.17. The lowest BCUT2D eigenvalue weighted by atomic mass is 10.1. The number of nitrogens with one attached hydrogen (secondary N) is 2. The smallest absolute Gasteiger partial charge is 0.269 e. The van der Waals surface area contributed by atoms with Gasteiger partial charge in [-0.2, -0.15) is 0 Å². The molecule has 0 fully saturated rings. The number of carbonyl (C=O) groups excluding carboxylic acids is 2. The first kappa shape index (κ1) is 19.4. The monoisotopic (exact) mass is 355 g/mol. The molecule has 0 spiro atoms. The average Bonchev–Trinajstić information content (AvgIpc) is 2.68.